The van der Waals surface area contributed by atoms with E-state index in [2.05, 4.69) is 211 Å². The van der Waals surface area contributed by atoms with E-state index in [1.54, 1.807) is 0 Å². The van der Waals surface area contributed by atoms with Gasteiger partial charge in [-0.3, -0.25) is 0 Å². The number of para-hydroxylation sites is 6. The smallest absolute Gasteiger partial charge is 0.260 e. The lowest BCUT2D eigenvalue weighted by Gasteiger charge is -2.35. The zero-order valence-electron chi connectivity index (χ0n) is 38.8. The number of hydrogen-bond donors (Lipinski definition) is 0. The molecule has 13 aromatic rings. The van der Waals surface area contributed by atoms with Crippen molar-refractivity contribution in [1.29, 1.82) is 0 Å². The Morgan fingerprint density at radius 3 is 1.21 bits per heavy atom. The van der Waals surface area contributed by atoms with E-state index >= 15 is 0 Å². The van der Waals surface area contributed by atoms with Crippen LogP contribution in [0.5, 0.6) is 23.0 Å². The summed E-state index contributed by atoms with van der Waals surface area (Å²) >= 11 is 0. The summed E-state index contributed by atoms with van der Waals surface area (Å²) in [5.74, 6) is 3.16. The van der Waals surface area contributed by atoms with Crippen LogP contribution in [0, 0.1) is 0 Å². The predicted molar refractivity (Wildman–Crippen MR) is 295 cm³/mol. The monoisotopic (exact) mass is 921 g/mol. The second-order valence-corrected chi connectivity index (χ2v) is 18.7. The largest absolute Gasteiger partial charge is 0.458 e. The Morgan fingerprint density at radius 2 is 0.708 bits per heavy atom. The van der Waals surface area contributed by atoms with Crippen LogP contribution in [0.3, 0.4) is 0 Å². The first-order valence-corrected chi connectivity index (χ1v) is 24.4. The summed E-state index contributed by atoms with van der Waals surface area (Å²) in [5.41, 5.74) is 18.3. The van der Waals surface area contributed by atoms with Crippen LogP contribution in [0.4, 0.5) is 17.1 Å². The van der Waals surface area contributed by atoms with Crippen LogP contribution in [-0.4, -0.2) is 6.71 Å². The summed E-state index contributed by atoms with van der Waals surface area (Å²) in [4.78, 5) is 2.26. The van der Waals surface area contributed by atoms with Crippen molar-refractivity contribution in [3.05, 3.63) is 243 Å². The molecule has 2 aliphatic heterocycles. The summed E-state index contributed by atoms with van der Waals surface area (Å²) in [6.45, 7) is -0.143. The highest BCUT2D eigenvalue weighted by Gasteiger charge is 2.41. The highest BCUT2D eigenvalue weighted by Crippen LogP contribution is 2.45. The van der Waals surface area contributed by atoms with Crippen LogP contribution in [0.15, 0.2) is 251 Å². The van der Waals surface area contributed by atoms with Gasteiger partial charge >= 0.3 is 0 Å². The summed E-state index contributed by atoms with van der Waals surface area (Å²) < 4.78 is 27.2. The van der Waals surface area contributed by atoms with Crippen molar-refractivity contribution in [3.63, 3.8) is 0 Å². The third-order valence-electron chi connectivity index (χ3n) is 14.6. The third-order valence-corrected chi connectivity index (χ3v) is 14.6. The van der Waals surface area contributed by atoms with Gasteiger partial charge < -0.3 is 23.2 Å². The van der Waals surface area contributed by atoms with E-state index in [4.69, 9.17) is 18.3 Å². The van der Waals surface area contributed by atoms with Crippen LogP contribution >= 0.6 is 0 Å². The Kier molecular flexibility index (Phi) is 8.99. The lowest BCUT2D eigenvalue weighted by Crippen LogP contribution is -2.57. The predicted octanol–water partition coefficient (Wildman–Crippen LogP) is 16.4. The normalized spacial score (nSPS) is 12.4. The zero-order chi connectivity index (χ0) is 47.3. The summed E-state index contributed by atoms with van der Waals surface area (Å²) in [5, 5.41) is 4.46. The Bertz CT molecular complexity index is 4040. The highest BCUT2D eigenvalue weighted by atomic mass is 16.5. The fraction of sp³-hybridized carbons (Fsp3) is 0. The van der Waals surface area contributed by atoms with Gasteiger partial charge in [-0.25, -0.2) is 0 Å². The average Bonchev–Trinajstić information content (AvgIpc) is 4.02. The van der Waals surface area contributed by atoms with Crippen LogP contribution in [0.1, 0.15) is 0 Å². The molecule has 4 heterocycles. The van der Waals surface area contributed by atoms with Gasteiger partial charge in [-0.15, -0.1) is 0 Å². The Morgan fingerprint density at radius 1 is 0.292 bits per heavy atom. The standard InChI is InChI=1S/C66H40BNO4/c1-3-19-47(20-4-1)68(48-21-5-2-6-22-48)49-39-62-64-63(40-49)70-61-38-44(42-16-12-18-46(36-42)51-26-14-28-55-53-24-8-10-30-59(53)72-66(51)55)32-34-57(61)67(64)56-33-31-43(37-60(56)69-62)41-15-11-17-45(35-41)50-25-13-27-54-52-23-7-9-29-58(52)71-65(50)54/h1-40H. The number of fused-ring (bicyclic) bond motifs is 10. The average molecular weight is 922 g/mol. The molecule has 336 valence electrons. The first-order chi connectivity index (χ1) is 35.7. The molecule has 0 spiro atoms. The lowest BCUT2D eigenvalue weighted by atomic mass is 9.34. The highest BCUT2D eigenvalue weighted by molar-refractivity contribution is 6.98. The molecule has 11 aromatic carbocycles. The molecule has 15 rings (SSSR count). The fourth-order valence-corrected chi connectivity index (χ4v) is 11.2. The topological polar surface area (TPSA) is 48.0 Å². The summed E-state index contributed by atoms with van der Waals surface area (Å²) in [6, 6.07) is 85.4. The van der Waals surface area contributed by atoms with Crippen LogP contribution in [0.25, 0.3) is 88.4 Å². The molecule has 2 aromatic heterocycles. The number of furan rings is 2. The number of anilines is 3. The van der Waals surface area contributed by atoms with Crippen molar-refractivity contribution >= 4 is 84.0 Å². The molecule has 0 bridgehead atoms. The van der Waals surface area contributed by atoms with E-state index in [1.165, 1.54) is 0 Å². The van der Waals surface area contributed by atoms with Crippen LogP contribution < -0.4 is 30.8 Å². The molecule has 5 nitrogen and oxygen atoms in total. The van der Waals surface area contributed by atoms with Crippen molar-refractivity contribution in [2.24, 2.45) is 0 Å². The molecular weight excluding hydrogens is 882 g/mol. The van der Waals surface area contributed by atoms with Gasteiger partial charge in [-0.2, -0.15) is 0 Å². The third kappa shape index (κ3) is 6.43. The fourth-order valence-electron chi connectivity index (χ4n) is 11.2. The van der Waals surface area contributed by atoms with E-state index in [0.717, 1.165) is 145 Å². The minimum atomic E-state index is -0.143. The molecule has 0 saturated heterocycles. The van der Waals surface area contributed by atoms with Gasteiger partial charge in [-0.1, -0.05) is 170 Å². The molecule has 0 atom stereocenters. The summed E-state index contributed by atoms with van der Waals surface area (Å²) in [7, 11) is 0. The van der Waals surface area contributed by atoms with Crippen molar-refractivity contribution in [2.45, 2.75) is 0 Å². The SMILES string of the molecule is c1ccc(N(c2ccccc2)c2cc3c4c(c2)Oc2cc(-c5cccc(-c6cccc7c6oc6ccccc67)c5)ccc2B4c2ccc(-c4cccc(-c5cccc6c5oc5ccccc56)c4)cc2O3)cc1. The van der Waals surface area contributed by atoms with E-state index in [1.807, 2.05) is 36.4 Å². The maximum Gasteiger partial charge on any atom is 0.260 e. The van der Waals surface area contributed by atoms with Gasteiger partial charge in [0.25, 0.3) is 6.71 Å². The van der Waals surface area contributed by atoms with Gasteiger partial charge in [-0.05, 0) is 105 Å². The zero-order valence-corrected chi connectivity index (χ0v) is 38.8. The molecular formula is C66H40BNO4. The van der Waals surface area contributed by atoms with E-state index in [9.17, 15) is 0 Å². The number of nitrogens with zero attached hydrogens (tertiary/aromatic N) is 1. The van der Waals surface area contributed by atoms with E-state index in [0.29, 0.717) is 0 Å². The molecule has 0 radical (unpaired) electrons. The molecule has 0 amide bonds. The lowest BCUT2D eigenvalue weighted by molar-refractivity contribution is 0.465. The van der Waals surface area contributed by atoms with Crippen LogP contribution in [0.2, 0.25) is 0 Å². The molecule has 2 aliphatic rings. The van der Waals surface area contributed by atoms with E-state index < -0.39 is 0 Å². The van der Waals surface area contributed by atoms with E-state index in [-0.39, 0.29) is 6.71 Å². The first kappa shape index (κ1) is 40.4. The maximum atomic E-state index is 7.14. The number of hydrogen-bond acceptors (Lipinski definition) is 5. The van der Waals surface area contributed by atoms with Crippen molar-refractivity contribution in [3.8, 4) is 67.5 Å². The number of ether oxygens (including phenoxy) is 2. The second-order valence-electron chi connectivity index (χ2n) is 18.7. The van der Waals surface area contributed by atoms with Crippen molar-refractivity contribution in [1.82, 2.24) is 0 Å². The maximum absolute atomic E-state index is 7.14. The number of benzene rings is 11. The minimum Gasteiger partial charge on any atom is -0.458 e. The molecule has 0 unspecified atom stereocenters. The van der Waals surface area contributed by atoms with Gasteiger partial charge in [0, 0.05) is 61.6 Å². The second kappa shape index (κ2) is 16.0. The van der Waals surface area contributed by atoms with Gasteiger partial charge in [0.2, 0.25) is 0 Å². The molecule has 0 aliphatic carbocycles. The molecule has 0 saturated carbocycles. The van der Waals surface area contributed by atoms with Crippen LogP contribution in [-0.2, 0) is 0 Å². The Hall–Kier alpha value is -9.52. The molecule has 6 heteroatoms. The van der Waals surface area contributed by atoms with Crippen molar-refractivity contribution in [2.75, 3.05) is 4.90 Å². The first-order valence-electron chi connectivity index (χ1n) is 24.4. The summed E-state index contributed by atoms with van der Waals surface area (Å²) in [6.07, 6.45) is 0. The van der Waals surface area contributed by atoms with Gasteiger partial charge in [0.15, 0.2) is 0 Å². The Labute approximate surface area is 415 Å². The van der Waals surface area contributed by atoms with Crippen molar-refractivity contribution < 1.29 is 18.3 Å². The minimum absolute atomic E-state index is 0.143. The molecule has 0 fully saturated rings. The Balaban J connectivity index is 0.863. The van der Waals surface area contributed by atoms with Gasteiger partial charge in [0.1, 0.15) is 45.3 Å². The number of rotatable bonds is 7. The quantitative estimate of drug-likeness (QED) is 0.149. The van der Waals surface area contributed by atoms with Gasteiger partial charge in [0.05, 0.1) is 5.69 Å². The molecule has 72 heavy (non-hydrogen) atoms. The molecule has 0 N–H and O–H groups in total.